The Morgan fingerprint density at radius 1 is 1.32 bits per heavy atom. The maximum Gasteiger partial charge on any atom is 0.264 e. The van der Waals surface area contributed by atoms with Gasteiger partial charge in [-0.05, 0) is 12.1 Å². The smallest absolute Gasteiger partial charge is 0.264 e. The summed E-state index contributed by atoms with van der Waals surface area (Å²) in [6.45, 7) is -0.868. The summed E-state index contributed by atoms with van der Waals surface area (Å²) in [4.78, 5) is 16.8. The number of methoxy groups -OCH3 is 1. The van der Waals surface area contributed by atoms with Gasteiger partial charge in [-0.15, -0.1) is 11.3 Å². The van der Waals surface area contributed by atoms with Crippen LogP contribution in [0.2, 0.25) is 10.0 Å². The van der Waals surface area contributed by atoms with Crippen molar-refractivity contribution < 1.29 is 18.6 Å². The molecule has 2 heterocycles. The third-order valence-electron chi connectivity index (χ3n) is 3.55. The Morgan fingerprint density at radius 3 is 2.64 bits per heavy atom. The first kappa shape index (κ1) is 17.9. The Hall–Kier alpha value is -1.90. The number of alkyl halides is 2. The third-order valence-corrected chi connectivity index (χ3v) is 4.98. The van der Waals surface area contributed by atoms with E-state index in [1.807, 2.05) is 0 Å². The molecule has 0 spiro atoms. The summed E-state index contributed by atoms with van der Waals surface area (Å²) in [6, 6.07) is 2.89. The van der Waals surface area contributed by atoms with Crippen molar-refractivity contribution in [3.05, 3.63) is 38.0 Å². The van der Waals surface area contributed by atoms with Crippen LogP contribution in [0.5, 0.6) is 11.5 Å². The normalized spacial score (nSPS) is 11.4. The van der Waals surface area contributed by atoms with Crippen LogP contribution < -0.4 is 10.3 Å². The van der Waals surface area contributed by atoms with Crippen LogP contribution in [-0.4, -0.2) is 28.2 Å². The molecule has 1 aromatic carbocycles. The molecule has 10 heteroatoms. The molecule has 5 nitrogen and oxygen atoms in total. The molecule has 0 fully saturated rings. The number of halogens is 4. The maximum atomic E-state index is 12.9. The molecule has 3 rings (SSSR count). The number of benzene rings is 1. The Morgan fingerprint density at radius 2 is 2.00 bits per heavy atom. The lowest BCUT2D eigenvalue weighted by molar-refractivity contribution is 0.126. The second-order valence-corrected chi connectivity index (χ2v) is 6.64. The van der Waals surface area contributed by atoms with Gasteiger partial charge in [-0.25, -0.2) is 13.8 Å². The predicted molar refractivity (Wildman–Crippen MR) is 93.6 cm³/mol. The minimum Gasteiger partial charge on any atom is -0.505 e. The molecule has 0 saturated carbocycles. The quantitative estimate of drug-likeness (QED) is 0.696. The summed E-state index contributed by atoms with van der Waals surface area (Å²) < 4.78 is 32.1. The lowest BCUT2D eigenvalue weighted by Gasteiger charge is -2.15. The van der Waals surface area contributed by atoms with E-state index < -0.39 is 24.3 Å². The number of fused-ring (bicyclic) bond motifs is 1. The SMILES string of the molecule is COc1c(Cl)ccc(Cl)c1-c1c(O)c2scnc2n(CC(F)F)c1=O. The monoisotopic (exact) mass is 406 g/mol. The Kier molecular flexibility index (Phi) is 4.86. The standard InChI is InChI=1S/C15H10Cl2F2N2O3S/c1-24-12-7(17)3-2-6(16)9(12)10-11(22)13-14(20-5-25-13)21(15(10)23)4-8(18)19/h2-3,5,8,22H,4H2,1H3. The van der Waals surface area contributed by atoms with Gasteiger partial charge in [-0.2, -0.15) is 0 Å². The summed E-state index contributed by atoms with van der Waals surface area (Å²) in [5.74, 6) is -0.343. The topological polar surface area (TPSA) is 64.3 Å². The molecule has 1 N–H and O–H groups in total. The van der Waals surface area contributed by atoms with Crippen LogP contribution >= 0.6 is 34.5 Å². The fourth-order valence-corrected chi connectivity index (χ4v) is 3.76. The molecule has 0 amide bonds. The van der Waals surface area contributed by atoms with Gasteiger partial charge in [0.1, 0.15) is 16.2 Å². The number of nitrogens with zero attached hydrogens (tertiary/aromatic N) is 2. The molecule has 0 aliphatic carbocycles. The van der Waals surface area contributed by atoms with Gasteiger partial charge in [-0.1, -0.05) is 23.2 Å². The number of hydrogen-bond acceptors (Lipinski definition) is 5. The predicted octanol–water partition coefficient (Wildman–Crippen LogP) is 4.41. The van der Waals surface area contributed by atoms with Crippen molar-refractivity contribution in [2.45, 2.75) is 13.0 Å². The minimum atomic E-state index is -2.78. The van der Waals surface area contributed by atoms with Crippen molar-refractivity contribution in [1.82, 2.24) is 9.55 Å². The Bertz CT molecular complexity index is 1020. The van der Waals surface area contributed by atoms with Crippen LogP contribution in [0, 0.1) is 0 Å². The fourth-order valence-electron chi connectivity index (χ4n) is 2.54. The maximum absolute atomic E-state index is 12.9. The van der Waals surface area contributed by atoms with Crippen molar-refractivity contribution in [1.29, 1.82) is 0 Å². The molecule has 0 unspecified atom stereocenters. The summed E-state index contributed by atoms with van der Waals surface area (Å²) in [5.41, 5.74) is 0.249. The van der Waals surface area contributed by atoms with Gasteiger partial charge >= 0.3 is 0 Å². The third kappa shape index (κ3) is 2.94. The number of hydrogen-bond donors (Lipinski definition) is 1. The van der Waals surface area contributed by atoms with E-state index in [1.54, 1.807) is 0 Å². The van der Waals surface area contributed by atoms with Crippen LogP contribution in [0.4, 0.5) is 8.78 Å². The number of rotatable bonds is 4. The van der Waals surface area contributed by atoms with E-state index in [4.69, 9.17) is 27.9 Å². The first-order chi connectivity index (χ1) is 11.9. The van der Waals surface area contributed by atoms with Crippen LogP contribution in [0.15, 0.2) is 22.4 Å². The van der Waals surface area contributed by atoms with Crippen molar-refractivity contribution >= 4 is 44.9 Å². The van der Waals surface area contributed by atoms with Gasteiger partial charge in [-0.3, -0.25) is 9.36 Å². The lowest BCUT2D eigenvalue weighted by Crippen LogP contribution is -2.25. The highest BCUT2D eigenvalue weighted by molar-refractivity contribution is 7.17. The van der Waals surface area contributed by atoms with E-state index in [1.165, 1.54) is 24.8 Å². The second-order valence-electron chi connectivity index (χ2n) is 4.97. The van der Waals surface area contributed by atoms with Gasteiger partial charge < -0.3 is 9.84 Å². The zero-order valence-corrected chi connectivity index (χ0v) is 14.9. The summed E-state index contributed by atoms with van der Waals surface area (Å²) >= 11 is 13.3. The van der Waals surface area contributed by atoms with Crippen molar-refractivity contribution in [2.24, 2.45) is 0 Å². The molecule has 132 valence electrons. The zero-order chi connectivity index (χ0) is 18.3. The zero-order valence-electron chi connectivity index (χ0n) is 12.6. The highest BCUT2D eigenvalue weighted by Gasteiger charge is 2.26. The van der Waals surface area contributed by atoms with Crippen LogP contribution in [0.1, 0.15) is 0 Å². The Balaban J connectivity index is 2.47. The number of aromatic nitrogens is 2. The molecule has 2 aromatic heterocycles. The van der Waals surface area contributed by atoms with E-state index in [0.717, 1.165) is 15.9 Å². The van der Waals surface area contributed by atoms with Crippen molar-refractivity contribution in [3.8, 4) is 22.6 Å². The van der Waals surface area contributed by atoms with E-state index in [9.17, 15) is 18.7 Å². The average Bonchev–Trinajstić information content (AvgIpc) is 3.04. The molecule has 0 atom stereocenters. The molecule has 3 aromatic rings. The summed E-state index contributed by atoms with van der Waals surface area (Å²) in [7, 11) is 1.32. The largest absolute Gasteiger partial charge is 0.505 e. The molecular weight excluding hydrogens is 397 g/mol. The van der Waals surface area contributed by atoms with Crippen LogP contribution in [-0.2, 0) is 6.54 Å². The van der Waals surface area contributed by atoms with Crippen molar-refractivity contribution in [3.63, 3.8) is 0 Å². The molecular formula is C15H10Cl2F2N2O3S. The van der Waals surface area contributed by atoms with Gasteiger partial charge in [0.05, 0.1) is 40.3 Å². The number of thiazole rings is 1. The van der Waals surface area contributed by atoms with E-state index in [0.29, 0.717) is 0 Å². The van der Waals surface area contributed by atoms with E-state index >= 15 is 0 Å². The lowest BCUT2D eigenvalue weighted by atomic mass is 10.0. The first-order valence-corrected chi connectivity index (χ1v) is 8.49. The molecule has 0 radical (unpaired) electrons. The van der Waals surface area contributed by atoms with Crippen molar-refractivity contribution in [2.75, 3.05) is 7.11 Å². The van der Waals surface area contributed by atoms with Gasteiger partial charge in [0.25, 0.3) is 12.0 Å². The van der Waals surface area contributed by atoms with Crippen LogP contribution in [0.25, 0.3) is 21.5 Å². The fraction of sp³-hybridized carbons (Fsp3) is 0.200. The summed E-state index contributed by atoms with van der Waals surface area (Å²) in [5, 5.41) is 10.8. The first-order valence-electron chi connectivity index (χ1n) is 6.86. The van der Waals surface area contributed by atoms with E-state index in [2.05, 4.69) is 4.98 Å². The minimum absolute atomic E-state index is 0.0198. The molecule has 25 heavy (non-hydrogen) atoms. The molecule has 0 saturated heterocycles. The highest BCUT2D eigenvalue weighted by atomic mass is 35.5. The molecule has 0 aliphatic heterocycles. The van der Waals surface area contributed by atoms with Gasteiger partial charge in [0, 0.05) is 0 Å². The number of pyridine rings is 1. The molecule has 0 bridgehead atoms. The highest BCUT2D eigenvalue weighted by Crippen LogP contribution is 2.45. The van der Waals surface area contributed by atoms with E-state index in [-0.39, 0.29) is 37.3 Å². The number of ether oxygens (including phenoxy) is 1. The second kappa shape index (κ2) is 6.78. The molecule has 0 aliphatic rings. The van der Waals surface area contributed by atoms with Gasteiger partial charge in [0.2, 0.25) is 0 Å². The number of aromatic hydroxyl groups is 1. The van der Waals surface area contributed by atoms with Crippen LogP contribution in [0.3, 0.4) is 0 Å². The average molecular weight is 407 g/mol. The Labute approximate surface area is 154 Å². The van der Waals surface area contributed by atoms with Gasteiger partial charge in [0.15, 0.2) is 5.65 Å². The summed E-state index contributed by atoms with van der Waals surface area (Å²) in [6.07, 6.45) is -2.78.